The van der Waals surface area contributed by atoms with E-state index in [1.807, 2.05) is 0 Å². The maximum absolute atomic E-state index is 4.58. The lowest BCUT2D eigenvalue weighted by Gasteiger charge is -2.18. The SMILES string of the molecule is C=C(N=C(C)C(C)(C)C)c1ccc(CBr)cc1. The zero-order valence-electron chi connectivity index (χ0n) is 11.0. The molecule has 0 saturated heterocycles. The first-order chi connectivity index (χ1) is 7.84. The Balaban J connectivity index is 2.90. The van der Waals surface area contributed by atoms with Gasteiger partial charge in [-0.25, -0.2) is 0 Å². The molecule has 0 amide bonds. The topological polar surface area (TPSA) is 12.4 Å². The average molecular weight is 294 g/mol. The highest BCUT2D eigenvalue weighted by Gasteiger charge is 2.14. The van der Waals surface area contributed by atoms with Crippen LogP contribution in [0.25, 0.3) is 5.70 Å². The summed E-state index contributed by atoms with van der Waals surface area (Å²) in [6, 6.07) is 8.32. The molecule has 0 aliphatic rings. The minimum Gasteiger partial charge on any atom is -0.258 e. The molecule has 92 valence electrons. The fourth-order valence-corrected chi connectivity index (χ4v) is 1.59. The zero-order valence-corrected chi connectivity index (χ0v) is 12.6. The molecule has 0 unspecified atom stereocenters. The summed E-state index contributed by atoms with van der Waals surface area (Å²) in [7, 11) is 0. The molecule has 0 fully saturated rings. The maximum Gasteiger partial charge on any atom is 0.0629 e. The van der Waals surface area contributed by atoms with Crippen molar-refractivity contribution < 1.29 is 0 Å². The minimum absolute atomic E-state index is 0.0960. The van der Waals surface area contributed by atoms with E-state index in [4.69, 9.17) is 0 Å². The molecule has 2 heteroatoms. The summed E-state index contributed by atoms with van der Waals surface area (Å²) < 4.78 is 0. The highest BCUT2D eigenvalue weighted by Crippen LogP contribution is 2.21. The van der Waals surface area contributed by atoms with Crippen LogP contribution in [-0.2, 0) is 5.33 Å². The van der Waals surface area contributed by atoms with Gasteiger partial charge in [-0.05, 0) is 23.5 Å². The molecule has 0 aliphatic heterocycles. The van der Waals surface area contributed by atoms with Gasteiger partial charge in [0.25, 0.3) is 0 Å². The molecule has 0 bridgehead atoms. The molecule has 0 aromatic heterocycles. The lowest BCUT2D eigenvalue weighted by molar-refractivity contribution is 0.588. The van der Waals surface area contributed by atoms with Crippen molar-refractivity contribution in [3.05, 3.63) is 42.0 Å². The van der Waals surface area contributed by atoms with E-state index >= 15 is 0 Å². The van der Waals surface area contributed by atoms with Crippen molar-refractivity contribution in [2.24, 2.45) is 10.4 Å². The van der Waals surface area contributed by atoms with Crippen LogP contribution in [0.2, 0.25) is 0 Å². The second-order valence-electron chi connectivity index (χ2n) is 5.22. The Morgan fingerprint density at radius 1 is 1.24 bits per heavy atom. The number of halogens is 1. The number of alkyl halides is 1. The Kier molecular flexibility index (Phi) is 4.70. The zero-order chi connectivity index (χ0) is 13.1. The summed E-state index contributed by atoms with van der Waals surface area (Å²) in [5.41, 5.74) is 4.38. The second kappa shape index (κ2) is 5.63. The lowest BCUT2D eigenvalue weighted by Crippen LogP contribution is -2.16. The van der Waals surface area contributed by atoms with Crippen LogP contribution >= 0.6 is 15.9 Å². The molecule has 0 spiro atoms. The molecule has 1 rings (SSSR count). The molecule has 0 radical (unpaired) electrons. The monoisotopic (exact) mass is 293 g/mol. The lowest BCUT2D eigenvalue weighted by atomic mass is 9.91. The van der Waals surface area contributed by atoms with Crippen molar-refractivity contribution in [1.82, 2.24) is 0 Å². The smallest absolute Gasteiger partial charge is 0.0629 e. The van der Waals surface area contributed by atoms with Gasteiger partial charge < -0.3 is 0 Å². The van der Waals surface area contributed by atoms with Crippen LogP contribution in [-0.4, -0.2) is 5.71 Å². The molecule has 1 nitrogen and oxygen atoms in total. The van der Waals surface area contributed by atoms with E-state index in [-0.39, 0.29) is 5.41 Å². The van der Waals surface area contributed by atoms with Crippen LogP contribution < -0.4 is 0 Å². The first-order valence-corrected chi connectivity index (χ1v) is 6.86. The quantitative estimate of drug-likeness (QED) is 0.546. The van der Waals surface area contributed by atoms with Crippen LogP contribution in [0.15, 0.2) is 35.8 Å². The number of benzene rings is 1. The van der Waals surface area contributed by atoms with E-state index in [1.54, 1.807) is 0 Å². The summed E-state index contributed by atoms with van der Waals surface area (Å²) in [6.07, 6.45) is 0. The minimum atomic E-state index is 0.0960. The van der Waals surface area contributed by atoms with E-state index in [1.165, 1.54) is 5.56 Å². The van der Waals surface area contributed by atoms with Crippen molar-refractivity contribution in [2.75, 3.05) is 0 Å². The molecular weight excluding hydrogens is 274 g/mol. The van der Waals surface area contributed by atoms with E-state index in [2.05, 4.69) is 79.5 Å². The van der Waals surface area contributed by atoms with E-state index in [0.29, 0.717) is 0 Å². The van der Waals surface area contributed by atoms with Crippen LogP contribution in [0, 0.1) is 5.41 Å². The van der Waals surface area contributed by atoms with Gasteiger partial charge in [-0.1, -0.05) is 67.5 Å². The highest BCUT2D eigenvalue weighted by molar-refractivity contribution is 9.08. The largest absolute Gasteiger partial charge is 0.258 e. The predicted octanol–water partition coefficient (Wildman–Crippen LogP) is 5.06. The van der Waals surface area contributed by atoms with Gasteiger partial charge in [-0.15, -0.1) is 0 Å². The van der Waals surface area contributed by atoms with Gasteiger partial charge in [0.2, 0.25) is 0 Å². The first kappa shape index (κ1) is 14.2. The third-order valence-corrected chi connectivity index (χ3v) is 3.48. The number of hydrogen-bond acceptors (Lipinski definition) is 1. The normalized spacial score (nSPS) is 12.6. The number of aliphatic imine (C=N–C) groups is 1. The number of hydrogen-bond donors (Lipinski definition) is 0. The molecule has 0 atom stereocenters. The van der Waals surface area contributed by atoms with Gasteiger partial charge in [0.15, 0.2) is 0 Å². The standard InChI is InChI=1S/C15H20BrN/c1-11(17-12(2)15(3,4)5)14-8-6-13(10-16)7-9-14/h6-9H,1,10H2,2-5H3. The van der Waals surface area contributed by atoms with Gasteiger partial charge in [-0.2, -0.15) is 0 Å². The summed E-state index contributed by atoms with van der Waals surface area (Å²) in [5.74, 6) is 0. The average Bonchev–Trinajstić information content (AvgIpc) is 2.27. The Bertz CT molecular complexity index is 421. The van der Waals surface area contributed by atoms with Crippen molar-refractivity contribution >= 4 is 27.3 Å². The third-order valence-electron chi connectivity index (χ3n) is 2.83. The van der Waals surface area contributed by atoms with Crippen molar-refractivity contribution in [3.8, 4) is 0 Å². The van der Waals surface area contributed by atoms with E-state index in [9.17, 15) is 0 Å². The van der Waals surface area contributed by atoms with Crippen LogP contribution in [0.4, 0.5) is 0 Å². The molecule has 0 saturated carbocycles. The molecular formula is C15H20BrN. The summed E-state index contributed by atoms with van der Waals surface area (Å²) in [6.45, 7) is 12.6. The fraction of sp³-hybridized carbons (Fsp3) is 0.400. The molecule has 0 aliphatic carbocycles. The number of nitrogens with zero attached hydrogens (tertiary/aromatic N) is 1. The highest BCUT2D eigenvalue weighted by atomic mass is 79.9. The Hall–Kier alpha value is -0.890. The van der Waals surface area contributed by atoms with Gasteiger partial charge in [-0.3, -0.25) is 4.99 Å². The van der Waals surface area contributed by atoms with Crippen molar-refractivity contribution in [2.45, 2.75) is 33.0 Å². The molecule has 1 aromatic rings. The van der Waals surface area contributed by atoms with Gasteiger partial charge in [0.05, 0.1) is 5.70 Å². The summed E-state index contributed by atoms with van der Waals surface area (Å²) in [5, 5.41) is 0.879. The maximum atomic E-state index is 4.58. The van der Waals surface area contributed by atoms with Crippen LogP contribution in [0.5, 0.6) is 0 Å². The summed E-state index contributed by atoms with van der Waals surface area (Å²) in [4.78, 5) is 4.58. The predicted molar refractivity (Wildman–Crippen MR) is 80.7 cm³/mol. The molecule has 0 N–H and O–H groups in total. The Morgan fingerprint density at radius 3 is 2.18 bits per heavy atom. The molecule has 0 heterocycles. The Labute approximate surface area is 113 Å². The molecule has 17 heavy (non-hydrogen) atoms. The molecule has 1 aromatic carbocycles. The van der Waals surface area contributed by atoms with Crippen LogP contribution in [0.1, 0.15) is 38.8 Å². The van der Waals surface area contributed by atoms with Crippen molar-refractivity contribution in [3.63, 3.8) is 0 Å². The van der Waals surface area contributed by atoms with Crippen LogP contribution in [0.3, 0.4) is 0 Å². The van der Waals surface area contributed by atoms with Gasteiger partial charge >= 0.3 is 0 Å². The fourth-order valence-electron chi connectivity index (χ4n) is 1.22. The second-order valence-corrected chi connectivity index (χ2v) is 5.79. The third kappa shape index (κ3) is 4.12. The Morgan fingerprint density at radius 2 is 1.76 bits per heavy atom. The van der Waals surface area contributed by atoms with E-state index < -0.39 is 0 Å². The number of rotatable bonds is 3. The van der Waals surface area contributed by atoms with Gasteiger partial charge in [0.1, 0.15) is 0 Å². The van der Waals surface area contributed by atoms with Crippen molar-refractivity contribution in [1.29, 1.82) is 0 Å². The van der Waals surface area contributed by atoms with Gasteiger partial charge in [0, 0.05) is 11.0 Å². The van der Waals surface area contributed by atoms with E-state index in [0.717, 1.165) is 22.3 Å². The summed E-state index contributed by atoms with van der Waals surface area (Å²) >= 11 is 3.44. The first-order valence-electron chi connectivity index (χ1n) is 5.74.